The Bertz CT molecular complexity index is 760. The lowest BCUT2D eigenvalue weighted by Gasteiger charge is -2.10. The van der Waals surface area contributed by atoms with Gasteiger partial charge in [-0.15, -0.1) is 16.4 Å². The zero-order chi connectivity index (χ0) is 16.3. The van der Waals surface area contributed by atoms with Crippen LogP contribution in [0, 0.1) is 0 Å². The van der Waals surface area contributed by atoms with Crippen LogP contribution in [0.15, 0.2) is 34.3 Å². The van der Waals surface area contributed by atoms with Gasteiger partial charge < -0.3 is 9.73 Å². The van der Waals surface area contributed by atoms with Crippen LogP contribution in [-0.4, -0.2) is 26.7 Å². The highest BCUT2D eigenvalue weighted by Crippen LogP contribution is 2.24. The first-order valence-corrected chi connectivity index (χ1v) is 8.33. The monoisotopic (exact) mass is 329 g/mol. The van der Waals surface area contributed by atoms with Crippen LogP contribution >= 0.6 is 11.3 Å². The van der Waals surface area contributed by atoms with Gasteiger partial charge in [0.25, 0.3) is 0 Å². The molecule has 0 aromatic carbocycles. The number of hydrogen-bond donors (Lipinski definition) is 1. The van der Waals surface area contributed by atoms with Crippen molar-refractivity contribution in [3.8, 4) is 10.6 Å². The molecule has 0 unspecified atom stereocenters. The van der Waals surface area contributed by atoms with Gasteiger partial charge in [-0.2, -0.15) is 0 Å². The third kappa shape index (κ3) is 3.92. The van der Waals surface area contributed by atoms with Gasteiger partial charge in [0.2, 0.25) is 5.89 Å². The molecule has 3 aromatic heterocycles. The second kappa shape index (κ2) is 6.45. The number of nitrogens with one attached hydrogen (secondary N) is 1. The van der Waals surface area contributed by atoms with E-state index in [9.17, 15) is 0 Å². The Morgan fingerprint density at radius 2 is 1.96 bits per heavy atom. The summed E-state index contributed by atoms with van der Waals surface area (Å²) in [4.78, 5) is 8.66. The molecule has 7 heteroatoms. The normalized spacial score (nSPS) is 11.6. The van der Waals surface area contributed by atoms with Crippen LogP contribution in [0.4, 0.5) is 6.01 Å². The Kier molecular flexibility index (Phi) is 4.38. The van der Waals surface area contributed by atoms with E-state index in [4.69, 9.17) is 4.42 Å². The summed E-state index contributed by atoms with van der Waals surface area (Å²) >= 11 is 1.64. The summed E-state index contributed by atoms with van der Waals surface area (Å²) in [7, 11) is 0. The smallest absolute Gasteiger partial charge is 0.315 e. The van der Waals surface area contributed by atoms with Gasteiger partial charge in [0.1, 0.15) is 5.01 Å². The number of rotatable bonds is 5. The molecule has 0 amide bonds. The van der Waals surface area contributed by atoms with Crippen molar-refractivity contribution in [1.29, 1.82) is 0 Å². The molecule has 0 atom stereocenters. The van der Waals surface area contributed by atoms with E-state index in [2.05, 4.69) is 30.9 Å². The van der Waals surface area contributed by atoms with Crippen molar-refractivity contribution in [2.75, 3.05) is 11.9 Å². The minimum Gasteiger partial charge on any atom is -0.408 e. The van der Waals surface area contributed by atoms with Crippen molar-refractivity contribution in [2.45, 2.75) is 32.6 Å². The molecule has 0 saturated heterocycles. The van der Waals surface area contributed by atoms with Crippen molar-refractivity contribution in [2.24, 2.45) is 0 Å². The number of pyridine rings is 1. The first-order chi connectivity index (χ1) is 11.0. The minimum atomic E-state index is -0.138. The van der Waals surface area contributed by atoms with Gasteiger partial charge in [0, 0.05) is 41.7 Å². The third-order valence-electron chi connectivity index (χ3n) is 3.20. The molecule has 0 fully saturated rings. The van der Waals surface area contributed by atoms with Crippen molar-refractivity contribution in [3.05, 3.63) is 41.5 Å². The molecule has 0 aliphatic carbocycles. The molecule has 0 bridgehead atoms. The molecular formula is C16H19N5OS. The fourth-order valence-corrected chi connectivity index (χ4v) is 2.80. The Hall–Kier alpha value is -2.28. The van der Waals surface area contributed by atoms with Crippen molar-refractivity contribution in [1.82, 2.24) is 20.2 Å². The molecule has 0 radical (unpaired) electrons. The third-order valence-corrected chi connectivity index (χ3v) is 4.14. The molecule has 3 aromatic rings. The van der Waals surface area contributed by atoms with Crippen molar-refractivity contribution in [3.63, 3.8) is 0 Å². The summed E-state index contributed by atoms with van der Waals surface area (Å²) in [5, 5.41) is 14.3. The van der Waals surface area contributed by atoms with E-state index in [-0.39, 0.29) is 5.41 Å². The van der Waals surface area contributed by atoms with E-state index >= 15 is 0 Å². The van der Waals surface area contributed by atoms with Gasteiger partial charge >= 0.3 is 6.01 Å². The van der Waals surface area contributed by atoms with Crippen LogP contribution in [0.3, 0.4) is 0 Å². The largest absolute Gasteiger partial charge is 0.408 e. The highest BCUT2D eigenvalue weighted by atomic mass is 32.1. The SMILES string of the molecule is CC(C)(C)c1nnc(NCCc2csc(-c3ccncc3)n2)o1. The molecule has 1 N–H and O–H groups in total. The number of nitrogens with zero attached hydrogens (tertiary/aromatic N) is 4. The Morgan fingerprint density at radius 3 is 2.65 bits per heavy atom. The Balaban J connectivity index is 1.55. The van der Waals surface area contributed by atoms with Crippen molar-refractivity contribution < 1.29 is 4.42 Å². The van der Waals surface area contributed by atoms with Crippen LogP contribution in [0.2, 0.25) is 0 Å². The average Bonchev–Trinajstić information content (AvgIpc) is 3.17. The second-order valence-electron chi connectivity index (χ2n) is 6.22. The quantitative estimate of drug-likeness (QED) is 0.771. The van der Waals surface area contributed by atoms with Gasteiger partial charge in [-0.25, -0.2) is 4.98 Å². The van der Waals surface area contributed by atoms with Crippen LogP contribution in [0.5, 0.6) is 0 Å². The molecule has 0 aliphatic rings. The molecular weight excluding hydrogens is 310 g/mol. The predicted molar refractivity (Wildman–Crippen MR) is 90.5 cm³/mol. The van der Waals surface area contributed by atoms with Gasteiger partial charge in [-0.3, -0.25) is 4.98 Å². The Labute approximate surface area is 139 Å². The molecule has 0 saturated carbocycles. The van der Waals surface area contributed by atoms with Crippen molar-refractivity contribution >= 4 is 17.4 Å². The molecule has 0 spiro atoms. The topological polar surface area (TPSA) is 76.7 Å². The predicted octanol–water partition coefficient (Wildman–Crippen LogP) is 3.54. The number of hydrogen-bond acceptors (Lipinski definition) is 7. The summed E-state index contributed by atoms with van der Waals surface area (Å²) in [6, 6.07) is 4.39. The van der Waals surface area contributed by atoms with Crippen LogP contribution in [-0.2, 0) is 11.8 Å². The zero-order valence-corrected chi connectivity index (χ0v) is 14.2. The number of thiazole rings is 1. The molecule has 23 heavy (non-hydrogen) atoms. The maximum Gasteiger partial charge on any atom is 0.315 e. The summed E-state index contributed by atoms with van der Waals surface area (Å²) in [5.74, 6) is 0.633. The summed E-state index contributed by atoms with van der Waals surface area (Å²) in [6.45, 7) is 6.83. The lowest BCUT2D eigenvalue weighted by Crippen LogP contribution is -2.11. The fraction of sp³-hybridized carbons (Fsp3) is 0.375. The van der Waals surface area contributed by atoms with Gasteiger partial charge in [0.15, 0.2) is 0 Å². The fourth-order valence-electron chi connectivity index (χ4n) is 1.94. The molecule has 120 valence electrons. The first-order valence-electron chi connectivity index (χ1n) is 7.45. The maximum absolute atomic E-state index is 5.60. The first kappa shape index (κ1) is 15.6. The van der Waals surface area contributed by atoms with E-state index in [1.165, 1.54) is 0 Å². The molecule has 3 heterocycles. The Morgan fingerprint density at radius 1 is 1.17 bits per heavy atom. The molecule has 6 nitrogen and oxygen atoms in total. The molecule has 3 rings (SSSR count). The lowest BCUT2D eigenvalue weighted by molar-refractivity contribution is 0.399. The maximum atomic E-state index is 5.60. The lowest BCUT2D eigenvalue weighted by atomic mass is 9.97. The second-order valence-corrected chi connectivity index (χ2v) is 7.08. The van der Waals surface area contributed by atoms with Crippen LogP contribution < -0.4 is 5.32 Å². The van der Waals surface area contributed by atoms with E-state index in [0.29, 0.717) is 18.5 Å². The highest BCUT2D eigenvalue weighted by Gasteiger charge is 2.21. The van der Waals surface area contributed by atoms with E-state index < -0.39 is 0 Å². The van der Waals surface area contributed by atoms with E-state index in [0.717, 1.165) is 22.7 Å². The minimum absolute atomic E-state index is 0.138. The van der Waals surface area contributed by atoms with Crippen LogP contribution in [0.25, 0.3) is 10.6 Å². The highest BCUT2D eigenvalue weighted by molar-refractivity contribution is 7.13. The summed E-state index contributed by atoms with van der Waals surface area (Å²) in [5.41, 5.74) is 2.00. The number of aromatic nitrogens is 4. The van der Waals surface area contributed by atoms with E-state index in [1.54, 1.807) is 23.7 Å². The average molecular weight is 329 g/mol. The number of anilines is 1. The van der Waals surface area contributed by atoms with Crippen LogP contribution in [0.1, 0.15) is 32.4 Å². The van der Waals surface area contributed by atoms with Gasteiger partial charge in [0.05, 0.1) is 5.69 Å². The van der Waals surface area contributed by atoms with E-state index in [1.807, 2.05) is 32.9 Å². The summed E-state index contributed by atoms with van der Waals surface area (Å²) < 4.78 is 5.60. The molecule has 0 aliphatic heterocycles. The van der Waals surface area contributed by atoms with Gasteiger partial charge in [-0.1, -0.05) is 25.9 Å². The standard InChI is InChI=1S/C16H19N5OS/c1-16(2,3)14-20-21-15(22-14)18-9-6-12-10-23-13(19-12)11-4-7-17-8-5-11/h4-5,7-8,10H,6,9H2,1-3H3,(H,18,21). The summed E-state index contributed by atoms with van der Waals surface area (Å²) in [6.07, 6.45) is 4.36. The van der Waals surface area contributed by atoms with Gasteiger partial charge in [-0.05, 0) is 12.1 Å². The zero-order valence-electron chi connectivity index (χ0n) is 13.4.